The highest BCUT2D eigenvalue weighted by Gasteiger charge is 2.72. The molecule has 0 saturated carbocycles. The first-order valence-electron chi connectivity index (χ1n) is 9.91. The van der Waals surface area contributed by atoms with E-state index in [1.54, 1.807) is 0 Å². The van der Waals surface area contributed by atoms with E-state index in [1.165, 1.54) is 30.9 Å². The number of rotatable bonds is 7. The molecule has 180 valence electrons. The highest BCUT2D eigenvalue weighted by Crippen LogP contribution is 2.52. The van der Waals surface area contributed by atoms with Gasteiger partial charge in [-0.2, -0.15) is 22.0 Å². The van der Waals surface area contributed by atoms with Gasteiger partial charge in [0, 0.05) is 22.9 Å². The largest absolute Gasteiger partial charge is 0.493 e. The molecule has 0 aliphatic rings. The predicted octanol–water partition coefficient (Wildman–Crippen LogP) is 5.28. The van der Waals surface area contributed by atoms with E-state index in [0.717, 1.165) is 6.07 Å². The molecule has 2 aromatic carbocycles. The molecule has 0 saturated heterocycles. The minimum Gasteiger partial charge on any atom is -0.493 e. The second-order valence-corrected chi connectivity index (χ2v) is 7.46. The molecule has 0 amide bonds. The predicted molar refractivity (Wildman–Crippen MR) is 110 cm³/mol. The van der Waals surface area contributed by atoms with Crippen LogP contribution in [0.1, 0.15) is 25.3 Å². The quantitative estimate of drug-likeness (QED) is 0.372. The molecule has 0 radical (unpaired) electrons. The number of hydrogen-bond acceptors (Lipinski definition) is 4. The average Bonchev–Trinajstić information content (AvgIpc) is 2.75. The number of ether oxygens (including phenoxy) is 2. The Labute approximate surface area is 184 Å². The molecule has 33 heavy (non-hydrogen) atoms. The van der Waals surface area contributed by atoms with Gasteiger partial charge in [0.2, 0.25) is 0 Å². The fourth-order valence-corrected chi connectivity index (χ4v) is 3.86. The Morgan fingerprint density at radius 2 is 1.64 bits per heavy atom. The smallest absolute Gasteiger partial charge is 0.435 e. The van der Waals surface area contributed by atoms with Crippen LogP contribution in [0.25, 0.3) is 21.7 Å². The number of unbranched alkanes of at least 4 members (excludes halogenated alkanes) is 1. The van der Waals surface area contributed by atoms with Gasteiger partial charge in [0.25, 0.3) is 5.56 Å². The zero-order valence-electron chi connectivity index (χ0n) is 17.9. The normalized spacial score (nSPS) is 14.5. The number of pyridine rings is 1. The van der Waals surface area contributed by atoms with Crippen LogP contribution in [-0.4, -0.2) is 36.2 Å². The SMILES string of the molecule is CCCCn1c(=O)c2c(OC)c(OC)ccc2c2cc(C(F)(C(O)(F)F)C(F)(F)F)ccc21. The van der Waals surface area contributed by atoms with E-state index >= 15 is 0 Å². The standard InChI is InChI=1S/C22H21F6NO4/c1-4-5-10-29-15-8-6-12(20(23,21(24,25)26)22(27,28)31)11-14(15)13-7-9-16(32-2)18(33-3)17(13)19(29)30/h6-9,11,31H,4-5,10H2,1-3H3. The lowest BCUT2D eigenvalue weighted by Crippen LogP contribution is -2.52. The summed E-state index contributed by atoms with van der Waals surface area (Å²) in [5.74, 6) is 0.157. The minimum atomic E-state index is -6.13. The first-order chi connectivity index (χ1) is 15.3. The number of alkyl halides is 6. The molecule has 5 nitrogen and oxygen atoms in total. The average molecular weight is 477 g/mol. The van der Waals surface area contributed by atoms with Crippen molar-refractivity contribution in [1.82, 2.24) is 4.57 Å². The maximum absolute atomic E-state index is 14.9. The summed E-state index contributed by atoms with van der Waals surface area (Å²) in [5.41, 5.74) is -7.31. The van der Waals surface area contributed by atoms with Crippen molar-refractivity contribution in [3.8, 4) is 11.5 Å². The molecule has 0 fully saturated rings. The number of methoxy groups -OCH3 is 2. The van der Waals surface area contributed by atoms with Crippen LogP contribution in [0, 0.1) is 0 Å². The first kappa shape index (κ1) is 24.7. The van der Waals surface area contributed by atoms with Crippen LogP contribution in [0.3, 0.4) is 0 Å². The zero-order valence-corrected chi connectivity index (χ0v) is 17.9. The second-order valence-electron chi connectivity index (χ2n) is 7.46. The number of aryl methyl sites for hydroxylation is 1. The van der Waals surface area contributed by atoms with Gasteiger partial charge < -0.3 is 19.1 Å². The molecule has 1 aromatic heterocycles. The Hall–Kier alpha value is -2.95. The van der Waals surface area contributed by atoms with E-state index in [2.05, 4.69) is 0 Å². The van der Waals surface area contributed by atoms with Crippen molar-refractivity contribution in [2.24, 2.45) is 0 Å². The zero-order chi connectivity index (χ0) is 24.8. The van der Waals surface area contributed by atoms with Crippen molar-refractivity contribution in [2.75, 3.05) is 14.2 Å². The fourth-order valence-electron chi connectivity index (χ4n) is 3.86. The van der Waals surface area contributed by atoms with Crippen molar-refractivity contribution in [1.29, 1.82) is 0 Å². The van der Waals surface area contributed by atoms with Crippen molar-refractivity contribution < 1.29 is 40.9 Å². The Morgan fingerprint density at radius 1 is 0.970 bits per heavy atom. The number of hydrogen-bond donors (Lipinski definition) is 1. The molecule has 1 heterocycles. The monoisotopic (exact) mass is 477 g/mol. The van der Waals surface area contributed by atoms with Crippen molar-refractivity contribution in [2.45, 2.75) is 44.3 Å². The van der Waals surface area contributed by atoms with Gasteiger partial charge in [-0.3, -0.25) is 4.79 Å². The fraction of sp³-hybridized carbons (Fsp3) is 0.409. The van der Waals surface area contributed by atoms with Crippen LogP contribution in [0.15, 0.2) is 35.1 Å². The van der Waals surface area contributed by atoms with E-state index < -0.39 is 29.1 Å². The summed E-state index contributed by atoms with van der Waals surface area (Å²) in [6.45, 7) is 2.03. The molecule has 11 heteroatoms. The van der Waals surface area contributed by atoms with Gasteiger partial charge in [0.05, 0.1) is 25.1 Å². The van der Waals surface area contributed by atoms with Crippen LogP contribution in [0.2, 0.25) is 0 Å². The first-order valence-corrected chi connectivity index (χ1v) is 9.91. The molecule has 0 aliphatic carbocycles. The number of benzene rings is 2. The second kappa shape index (κ2) is 8.44. The van der Waals surface area contributed by atoms with Gasteiger partial charge in [0.1, 0.15) is 0 Å². The lowest BCUT2D eigenvalue weighted by Gasteiger charge is -2.32. The summed E-state index contributed by atoms with van der Waals surface area (Å²) in [6, 6.07) is 4.76. The van der Waals surface area contributed by atoms with Crippen LogP contribution < -0.4 is 15.0 Å². The Bertz CT molecular complexity index is 1230. The highest BCUT2D eigenvalue weighted by molar-refractivity contribution is 6.08. The number of aromatic nitrogens is 1. The Balaban J connectivity index is 2.53. The lowest BCUT2D eigenvalue weighted by molar-refractivity contribution is -0.375. The van der Waals surface area contributed by atoms with Crippen molar-refractivity contribution in [3.63, 3.8) is 0 Å². The molecule has 3 rings (SSSR count). The summed E-state index contributed by atoms with van der Waals surface area (Å²) in [4.78, 5) is 13.3. The van der Waals surface area contributed by atoms with E-state index in [9.17, 15) is 31.1 Å². The summed E-state index contributed by atoms with van der Waals surface area (Å²) in [5, 5.41) is 8.74. The van der Waals surface area contributed by atoms with E-state index in [1.807, 2.05) is 6.92 Å². The Morgan fingerprint density at radius 3 is 2.15 bits per heavy atom. The summed E-state index contributed by atoms with van der Waals surface area (Å²) in [7, 11) is 2.58. The summed E-state index contributed by atoms with van der Waals surface area (Å²) >= 11 is 0. The van der Waals surface area contributed by atoms with E-state index in [4.69, 9.17) is 14.6 Å². The minimum absolute atomic E-state index is 0.00706. The van der Waals surface area contributed by atoms with Crippen LogP contribution in [0.5, 0.6) is 11.5 Å². The third kappa shape index (κ3) is 3.77. The van der Waals surface area contributed by atoms with Crippen LogP contribution in [0.4, 0.5) is 26.3 Å². The van der Waals surface area contributed by atoms with Crippen molar-refractivity contribution in [3.05, 3.63) is 46.2 Å². The summed E-state index contributed by atoms with van der Waals surface area (Å²) < 4.78 is 94.0. The van der Waals surface area contributed by atoms with Crippen molar-refractivity contribution >= 4 is 21.7 Å². The molecule has 0 bridgehead atoms. The van der Waals surface area contributed by atoms with Gasteiger partial charge in [-0.15, -0.1) is 0 Å². The van der Waals surface area contributed by atoms with E-state index in [-0.39, 0.29) is 39.7 Å². The molecule has 1 N–H and O–H groups in total. The molecule has 0 spiro atoms. The van der Waals surface area contributed by atoms with Gasteiger partial charge >= 0.3 is 18.0 Å². The highest BCUT2D eigenvalue weighted by atomic mass is 19.4. The van der Waals surface area contributed by atoms with Gasteiger partial charge in [-0.05, 0) is 30.7 Å². The maximum atomic E-state index is 14.9. The molecule has 1 atom stereocenters. The molecule has 3 aromatic rings. The topological polar surface area (TPSA) is 60.7 Å². The number of nitrogens with zero attached hydrogens (tertiary/aromatic N) is 1. The molecule has 0 aliphatic heterocycles. The third-order valence-electron chi connectivity index (χ3n) is 5.52. The van der Waals surface area contributed by atoms with E-state index in [0.29, 0.717) is 25.0 Å². The molecular formula is C22H21F6NO4. The third-order valence-corrected chi connectivity index (χ3v) is 5.52. The van der Waals surface area contributed by atoms with Crippen LogP contribution >= 0.6 is 0 Å². The molecule has 1 unspecified atom stereocenters. The number of aliphatic hydroxyl groups is 1. The van der Waals surface area contributed by atoms with Gasteiger partial charge in [-0.25, -0.2) is 4.39 Å². The van der Waals surface area contributed by atoms with Gasteiger partial charge in [-0.1, -0.05) is 19.4 Å². The number of fused-ring (bicyclic) bond motifs is 3. The van der Waals surface area contributed by atoms with Gasteiger partial charge in [0.15, 0.2) is 11.5 Å². The molecular weight excluding hydrogens is 456 g/mol. The Kier molecular flexibility index (Phi) is 6.31. The van der Waals surface area contributed by atoms with Crippen LogP contribution in [-0.2, 0) is 12.2 Å². The lowest BCUT2D eigenvalue weighted by atomic mass is 9.91. The summed E-state index contributed by atoms with van der Waals surface area (Å²) in [6.07, 6.45) is -10.7. The maximum Gasteiger partial charge on any atom is 0.435 e. The number of halogens is 6.